The minimum Gasteiger partial charge on any atom is -0.461 e. The first-order chi connectivity index (χ1) is 9.95. The maximum Gasteiger partial charge on any atom is 0.316 e. The number of aromatic nitrogens is 3. The van der Waals surface area contributed by atoms with Crippen LogP contribution in [0.5, 0.6) is 0 Å². The van der Waals surface area contributed by atoms with Gasteiger partial charge in [0.05, 0.1) is 5.75 Å². The minimum atomic E-state index is -0.201. The summed E-state index contributed by atoms with van der Waals surface area (Å²) in [5.74, 6) is 1.90. The summed E-state index contributed by atoms with van der Waals surface area (Å²) in [5.41, 5.74) is 5.44. The van der Waals surface area contributed by atoms with E-state index in [4.69, 9.17) is 10.5 Å². The van der Waals surface area contributed by atoms with Gasteiger partial charge in [-0.25, -0.2) is 5.10 Å². The number of hydrogen-bond donors (Lipinski definition) is 2. The van der Waals surface area contributed by atoms with Crippen molar-refractivity contribution in [1.82, 2.24) is 15.2 Å². The van der Waals surface area contributed by atoms with Crippen molar-refractivity contribution in [2.45, 2.75) is 51.3 Å². The second-order valence-corrected chi connectivity index (χ2v) is 7.09. The van der Waals surface area contributed by atoms with Crippen LogP contribution < -0.4 is 5.73 Å². The Hall–Kier alpha value is -1.24. The third-order valence-electron chi connectivity index (χ3n) is 4.05. The zero-order chi connectivity index (χ0) is 15.4. The molecule has 1 aliphatic carbocycles. The summed E-state index contributed by atoms with van der Waals surface area (Å²) < 4.78 is 5.71. The quantitative estimate of drug-likeness (QED) is 0.641. The minimum absolute atomic E-state index is 0.0408. The molecule has 0 aliphatic heterocycles. The van der Waals surface area contributed by atoms with E-state index >= 15 is 0 Å². The molecule has 118 valence electrons. The number of ether oxygens (including phenoxy) is 1. The maximum absolute atomic E-state index is 12.0. The van der Waals surface area contributed by atoms with Gasteiger partial charge >= 0.3 is 5.97 Å². The van der Waals surface area contributed by atoms with Gasteiger partial charge in [0.2, 0.25) is 11.1 Å². The number of rotatable bonds is 5. The molecule has 1 heterocycles. The lowest BCUT2D eigenvalue weighted by molar-refractivity contribution is -0.152. The average Bonchev–Trinajstić information content (AvgIpc) is 2.82. The summed E-state index contributed by atoms with van der Waals surface area (Å²) in [5, 5.41) is 6.90. The van der Waals surface area contributed by atoms with E-state index in [-0.39, 0.29) is 23.8 Å². The SMILES string of the molecule is CC1CCC(C(C)C)C(OC(=O)CSc2n[nH]c(N)n2)C1. The van der Waals surface area contributed by atoms with Crippen LogP contribution in [0.15, 0.2) is 5.16 Å². The summed E-state index contributed by atoms with van der Waals surface area (Å²) in [7, 11) is 0. The van der Waals surface area contributed by atoms with Crippen LogP contribution in [-0.2, 0) is 9.53 Å². The van der Waals surface area contributed by atoms with Crippen molar-refractivity contribution in [2.75, 3.05) is 11.5 Å². The monoisotopic (exact) mass is 312 g/mol. The fraction of sp³-hybridized carbons (Fsp3) is 0.786. The average molecular weight is 312 g/mol. The molecular weight excluding hydrogens is 288 g/mol. The first-order valence-electron chi connectivity index (χ1n) is 7.46. The number of carbonyl (C=O) groups excluding carboxylic acids is 1. The third-order valence-corrected chi connectivity index (χ3v) is 4.87. The van der Waals surface area contributed by atoms with E-state index < -0.39 is 0 Å². The summed E-state index contributed by atoms with van der Waals surface area (Å²) >= 11 is 1.24. The standard InChI is InChI=1S/C14H24N4O2S/c1-8(2)10-5-4-9(3)6-11(10)20-12(19)7-21-14-16-13(15)17-18-14/h8-11H,4-7H2,1-3H3,(H3,15,16,17,18). The Morgan fingerprint density at radius 2 is 2.29 bits per heavy atom. The molecule has 0 aromatic carbocycles. The fourth-order valence-corrected chi connectivity index (χ4v) is 3.49. The molecule has 1 aliphatic rings. The lowest BCUT2D eigenvalue weighted by Crippen LogP contribution is -2.36. The maximum atomic E-state index is 12.0. The first-order valence-corrected chi connectivity index (χ1v) is 8.44. The largest absolute Gasteiger partial charge is 0.461 e. The Morgan fingerprint density at radius 1 is 1.52 bits per heavy atom. The highest BCUT2D eigenvalue weighted by Gasteiger charge is 2.33. The van der Waals surface area contributed by atoms with Crippen LogP contribution in [0.1, 0.15) is 40.0 Å². The Morgan fingerprint density at radius 3 is 2.90 bits per heavy atom. The third kappa shape index (κ3) is 4.62. The normalized spacial score (nSPS) is 26.0. The van der Waals surface area contributed by atoms with Crippen LogP contribution >= 0.6 is 11.8 Å². The number of carbonyl (C=O) groups is 1. The van der Waals surface area contributed by atoms with Crippen LogP contribution in [0.3, 0.4) is 0 Å². The Kier molecular flexibility index (Phi) is 5.50. The zero-order valence-corrected chi connectivity index (χ0v) is 13.7. The number of hydrogen-bond acceptors (Lipinski definition) is 6. The van der Waals surface area contributed by atoms with Crippen molar-refractivity contribution in [3.8, 4) is 0 Å². The number of nitrogens with two attached hydrogens (primary N) is 1. The van der Waals surface area contributed by atoms with Crippen molar-refractivity contribution in [2.24, 2.45) is 17.8 Å². The van der Waals surface area contributed by atoms with Gasteiger partial charge in [-0.15, -0.1) is 5.10 Å². The molecule has 0 radical (unpaired) electrons. The van der Waals surface area contributed by atoms with Crippen molar-refractivity contribution in [3.63, 3.8) is 0 Å². The van der Waals surface area contributed by atoms with Gasteiger partial charge in [0.25, 0.3) is 0 Å². The molecule has 1 saturated carbocycles. The molecule has 7 heteroatoms. The molecule has 0 saturated heterocycles. The van der Waals surface area contributed by atoms with Gasteiger partial charge in [-0.1, -0.05) is 39.0 Å². The summed E-state index contributed by atoms with van der Waals surface area (Å²) in [6.07, 6.45) is 3.37. The second-order valence-electron chi connectivity index (χ2n) is 6.15. The first kappa shape index (κ1) is 16.1. The second kappa shape index (κ2) is 7.15. The predicted octanol–water partition coefficient (Wildman–Crippen LogP) is 2.48. The number of nitrogens with zero attached hydrogens (tertiary/aromatic N) is 2. The zero-order valence-electron chi connectivity index (χ0n) is 12.8. The highest BCUT2D eigenvalue weighted by molar-refractivity contribution is 7.99. The van der Waals surface area contributed by atoms with Gasteiger partial charge in [0, 0.05) is 0 Å². The van der Waals surface area contributed by atoms with Crippen LogP contribution in [0.4, 0.5) is 5.95 Å². The number of nitrogens with one attached hydrogen (secondary N) is 1. The number of anilines is 1. The summed E-state index contributed by atoms with van der Waals surface area (Å²) in [6, 6.07) is 0. The van der Waals surface area contributed by atoms with Gasteiger partial charge in [0.1, 0.15) is 6.10 Å². The molecule has 3 N–H and O–H groups in total. The molecule has 1 aromatic rings. The van der Waals surface area contributed by atoms with E-state index in [1.165, 1.54) is 18.2 Å². The molecule has 1 aromatic heterocycles. The number of esters is 1. The summed E-state index contributed by atoms with van der Waals surface area (Å²) in [6.45, 7) is 6.63. The Labute approximate surface area is 129 Å². The molecule has 3 atom stereocenters. The number of aromatic amines is 1. The van der Waals surface area contributed by atoms with Crippen LogP contribution in [0, 0.1) is 17.8 Å². The number of H-pyrrole nitrogens is 1. The fourth-order valence-electron chi connectivity index (χ4n) is 2.90. The lowest BCUT2D eigenvalue weighted by Gasteiger charge is -2.36. The molecule has 0 amide bonds. The highest BCUT2D eigenvalue weighted by Crippen LogP contribution is 2.35. The van der Waals surface area contributed by atoms with E-state index in [0.29, 0.717) is 22.9 Å². The van der Waals surface area contributed by atoms with Crippen molar-refractivity contribution in [3.05, 3.63) is 0 Å². The molecular formula is C14H24N4O2S. The Bertz CT molecular complexity index is 477. The van der Waals surface area contributed by atoms with Crippen LogP contribution in [0.25, 0.3) is 0 Å². The lowest BCUT2D eigenvalue weighted by atomic mass is 9.75. The molecule has 2 rings (SSSR count). The van der Waals surface area contributed by atoms with E-state index in [0.717, 1.165) is 12.8 Å². The number of thioether (sulfide) groups is 1. The van der Waals surface area contributed by atoms with Gasteiger partial charge in [-0.05, 0) is 30.6 Å². The Balaban J connectivity index is 1.84. The van der Waals surface area contributed by atoms with Crippen LogP contribution in [0.2, 0.25) is 0 Å². The molecule has 0 spiro atoms. The topological polar surface area (TPSA) is 93.9 Å². The molecule has 1 fully saturated rings. The molecule has 21 heavy (non-hydrogen) atoms. The predicted molar refractivity (Wildman–Crippen MR) is 82.7 cm³/mol. The van der Waals surface area contributed by atoms with Crippen molar-refractivity contribution >= 4 is 23.7 Å². The van der Waals surface area contributed by atoms with E-state index in [9.17, 15) is 4.79 Å². The van der Waals surface area contributed by atoms with E-state index in [1.54, 1.807) is 0 Å². The van der Waals surface area contributed by atoms with Crippen LogP contribution in [-0.4, -0.2) is 33.0 Å². The highest BCUT2D eigenvalue weighted by atomic mass is 32.2. The van der Waals surface area contributed by atoms with Crippen molar-refractivity contribution in [1.29, 1.82) is 0 Å². The smallest absolute Gasteiger partial charge is 0.316 e. The molecule has 6 nitrogen and oxygen atoms in total. The van der Waals surface area contributed by atoms with Gasteiger partial charge < -0.3 is 10.5 Å². The van der Waals surface area contributed by atoms with Gasteiger partial charge in [-0.2, -0.15) is 4.98 Å². The summed E-state index contributed by atoms with van der Waals surface area (Å²) in [4.78, 5) is 16.0. The van der Waals surface area contributed by atoms with Gasteiger partial charge in [0.15, 0.2) is 0 Å². The number of nitrogen functional groups attached to an aromatic ring is 1. The molecule has 0 bridgehead atoms. The van der Waals surface area contributed by atoms with Crippen molar-refractivity contribution < 1.29 is 9.53 Å². The molecule has 3 unspecified atom stereocenters. The van der Waals surface area contributed by atoms with Gasteiger partial charge in [-0.3, -0.25) is 4.79 Å². The van der Waals surface area contributed by atoms with E-state index in [1.807, 2.05) is 0 Å². The van der Waals surface area contributed by atoms with E-state index in [2.05, 4.69) is 36.0 Å².